The topological polar surface area (TPSA) is 34.1 Å². The number of aromatic nitrogens is 1. The van der Waals surface area contributed by atoms with Gasteiger partial charge in [-0.25, -0.2) is 0 Å². The van der Waals surface area contributed by atoms with E-state index in [4.69, 9.17) is 4.74 Å². The van der Waals surface area contributed by atoms with Gasteiger partial charge >= 0.3 is 0 Å². The van der Waals surface area contributed by atoms with Gasteiger partial charge in [-0.1, -0.05) is 24.3 Å². The Bertz CT molecular complexity index is 513. The average molecular weight is 270 g/mol. The predicted octanol–water partition coefficient (Wildman–Crippen LogP) is 3.47. The van der Waals surface area contributed by atoms with Gasteiger partial charge in [0.05, 0.1) is 6.61 Å². The molecule has 1 atom stereocenters. The Hall–Kier alpha value is -1.71. The highest BCUT2D eigenvalue weighted by Crippen LogP contribution is 2.14. The van der Waals surface area contributed by atoms with Crippen LogP contribution in [0.5, 0.6) is 0 Å². The van der Waals surface area contributed by atoms with E-state index in [2.05, 4.69) is 41.5 Å². The number of nitrogens with one attached hydrogen (secondary N) is 1. The first-order valence-electron chi connectivity index (χ1n) is 7.09. The van der Waals surface area contributed by atoms with Crippen molar-refractivity contribution in [3.05, 3.63) is 65.5 Å². The van der Waals surface area contributed by atoms with Crippen molar-refractivity contribution in [3.8, 4) is 0 Å². The second-order valence-corrected chi connectivity index (χ2v) is 4.79. The highest BCUT2D eigenvalue weighted by atomic mass is 16.5. The van der Waals surface area contributed by atoms with Crippen molar-refractivity contribution in [3.63, 3.8) is 0 Å². The van der Waals surface area contributed by atoms with E-state index in [0.29, 0.717) is 12.6 Å². The van der Waals surface area contributed by atoms with Gasteiger partial charge in [0.1, 0.15) is 0 Å². The van der Waals surface area contributed by atoms with Crippen molar-refractivity contribution >= 4 is 0 Å². The standard InChI is InChI=1S/C17H22N2O/c1-3-20-13-17-7-5-4-6-16(17)12-19-14(2)15-8-10-18-11-9-15/h4-11,14,19H,3,12-13H2,1-2H3. The van der Waals surface area contributed by atoms with Gasteiger partial charge in [-0.3, -0.25) is 4.98 Å². The van der Waals surface area contributed by atoms with E-state index in [-0.39, 0.29) is 0 Å². The van der Waals surface area contributed by atoms with Gasteiger partial charge in [-0.05, 0) is 42.7 Å². The SMILES string of the molecule is CCOCc1ccccc1CNC(C)c1ccncc1. The quantitative estimate of drug-likeness (QED) is 0.836. The highest BCUT2D eigenvalue weighted by molar-refractivity contribution is 5.26. The summed E-state index contributed by atoms with van der Waals surface area (Å²) >= 11 is 0. The second kappa shape index (κ2) is 7.78. The van der Waals surface area contributed by atoms with E-state index in [1.54, 1.807) is 0 Å². The molecule has 0 saturated carbocycles. The highest BCUT2D eigenvalue weighted by Gasteiger charge is 2.06. The lowest BCUT2D eigenvalue weighted by Gasteiger charge is -2.16. The fourth-order valence-corrected chi connectivity index (χ4v) is 2.12. The zero-order chi connectivity index (χ0) is 14.2. The van der Waals surface area contributed by atoms with Crippen LogP contribution in [0.15, 0.2) is 48.8 Å². The fraction of sp³-hybridized carbons (Fsp3) is 0.353. The van der Waals surface area contributed by atoms with Crippen molar-refractivity contribution < 1.29 is 4.74 Å². The molecule has 2 rings (SSSR count). The van der Waals surface area contributed by atoms with Crippen LogP contribution in [0.3, 0.4) is 0 Å². The van der Waals surface area contributed by atoms with Crippen molar-refractivity contribution in [1.82, 2.24) is 10.3 Å². The van der Waals surface area contributed by atoms with Crippen molar-refractivity contribution in [2.75, 3.05) is 6.61 Å². The number of hydrogen-bond acceptors (Lipinski definition) is 3. The van der Waals surface area contributed by atoms with Crippen LogP contribution in [0.1, 0.15) is 36.6 Å². The van der Waals surface area contributed by atoms with Gasteiger partial charge in [0.25, 0.3) is 0 Å². The van der Waals surface area contributed by atoms with Crippen LogP contribution < -0.4 is 5.32 Å². The van der Waals surface area contributed by atoms with E-state index in [0.717, 1.165) is 13.2 Å². The first kappa shape index (κ1) is 14.7. The first-order valence-corrected chi connectivity index (χ1v) is 7.09. The molecule has 0 bridgehead atoms. The lowest BCUT2D eigenvalue weighted by atomic mass is 10.1. The largest absolute Gasteiger partial charge is 0.377 e. The van der Waals surface area contributed by atoms with Gasteiger partial charge in [-0.2, -0.15) is 0 Å². The number of benzene rings is 1. The van der Waals surface area contributed by atoms with Crippen LogP contribution in [-0.2, 0) is 17.9 Å². The summed E-state index contributed by atoms with van der Waals surface area (Å²) in [5.41, 5.74) is 3.80. The molecule has 0 aliphatic heterocycles. The summed E-state index contributed by atoms with van der Waals surface area (Å²) in [5, 5.41) is 3.55. The van der Waals surface area contributed by atoms with Gasteiger partial charge in [0.15, 0.2) is 0 Å². The number of pyridine rings is 1. The second-order valence-electron chi connectivity index (χ2n) is 4.79. The Morgan fingerprint density at radius 3 is 2.50 bits per heavy atom. The summed E-state index contributed by atoms with van der Waals surface area (Å²) in [7, 11) is 0. The predicted molar refractivity (Wildman–Crippen MR) is 81.3 cm³/mol. The molecule has 3 nitrogen and oxygen atoms in total. The monoisotopic (exact) mass is 270 g/mol. The molecule has 1 heterocycles. The first-order chi connectivity index (χ1) is 9.81. The van der Waals surface area contributed by atoms with E-state index in [1.165, 1.54) is 16.7 Å². The molecule has 0 fully saturated rings. The minimum absolute atomic E-state index is 0.304. The number of hydrogen-bond donors (Lipinski definition) is 1. The summed E-state index contributed by atoms with van der Waals surface area (Å²) in [6.45, 7) is 6.45. The van der Waals surface area contributed by atoms with Crippen LogP contribution >= 0.6 is 0 Å². The fourth-order valence-electron chi connectivity index (χ4n) is 2.12. The molecule has 0 amide bonds. The molecule has 1 unspecified atom stereocenters. The van der Waals surface area contributed by atoms with Crippen molar-refractivity contribution in [2.24, 2.45) is 0 Å². The minimum atomic E-state index is 0.304. The van der Waals surface area contributed by atoms with E-state index < -0.39 is 0 Å². The summed E-state index contributed by atoms with van der Waals surface area (Å²) in [6.07, 6.45) is 3.66. The van der Waals surface area contributed by atoms with Gasteiger partial charge in [0, 0.05) is 31.6 Å². The third-order valence-corrected chi connectivity index (χ3v) is 3.38. The van der Waals surface area contributed by atoms with Crippen LogP contribution in [0.4, 0.5) is 0 Å². The molecular weight excluding hydrogens is 248 g/mol. The third kappa shape index (κ3) is 4.15. The number of ether oxygens (including phenoxy) is 1. The van der Waals surface area contributed by atoms with Crippen LogP contribution in [-0.4, -0.2) is 11.6 Å². The molecule has 0 aliphatic rings. The normalized spacial score (nSPS) is 12.3. The molecule has 20 heavy (non-hydrogen) atoms. The molecule has 106 valence electrons. The summed E-state index contributed by atoms with van der Waals surface area (Å²) in [6, 6.07) is 12.8. The number of nitrogens with zero attached hydrogens (tertiary/aromatic N) is 1. The maximum Gasteiger partial charge on any atom is 0.0719 e. The molecule has 2 aromatic rings. The Labute approximate surface area is 121 Å². The smallest absolute Gasteiger partial charge is 0.0719 e. The van der Waals surface area contributed by atoms with E-state index >= 15 is 0 Å². The third-order valence-electron chi connectivity index (χ3n) is 3.38. The minimum Gasteiger partial charge on any atom is -0.377 e. The molecule has 0 radical (unpaired) electrons. The average Bonchev–Trinajstić information content (AvgIpc) is 2.52. The molecule has 1 N–H and O–H groups in total. The van der Waals surface area contributed by atoms with Crippen LogP contribution in [0, 0.1) is 0 Å². The zero-order valence-corrected chi connectivity index (χ0v) is 12.2. The Kier molecular flexibility index (Phi) is 5.71. The Morgan fingerprint density at radius 2 is 1.80 bits per heavy atom. The Morgan fingerprint density at radius 1 is 1.10 bits per heavy atom. The molecule has 0 aliphatic carbocycles. The number of rotatable bonds is 7. The zero-order valence-electron chi connectivity index (χ0n) is 12.2. The van der Waals surface area contributed by atoms with E-state index in [9.17, 15) is 0 Å². The summed E-state index contributed by atoms with van der Waals surface area (Å²) in [5.74, 6) is 0. The molecule has 3 heteroatoms. The maximum absolute atomic E-state index is 5.52. The molecule has 1 aromatic heterocycles. The molecule has 0 spiro atoms. The molecule has 0 saturated heterocycles. The van der Waals surface area contributed by atoms with Crippen LogP contribution in [0.25, 0.3) is 0 Å². The maximum atomic E-state index is 5.52. The summed E-state index contributed by atoms with van der Waals surface area (Å²) < 4.78 is 5.52. The van der Waals surface area contributed by atoms with Crippen molar-refractivity contribution in [1.29, 1.82) is 0 Å². The van der Waals surface area contributed by atoms with Gasteiger partial charge < -0.3 is 10.1 Å². The van der Waals surface area contributed by atoms with E-state index in [1.807, 2.05) is 31.5 Å². The Balaban J connectivity index is 1.96. The van der Waals surface area contributed by atoms with Crippen molar-refractivity contribution in [2.45, 2.75) is 33.0 Å². The van der Waals surface area contributed by atoms with Gasteiger partial charge in [-0.15, -0.1) is 0 Å². The van der Waals surface area contributed by atoms with Crippen LogP contribution in [0.2, 0.25) is 0 Å². The summed E-state index contributed by atoms with van der Waals surface area (Å²) in [4.78, 5) is 4.05. The molecular formula is C17H22N2O. The molecule has 1 aromatic carbocycles. The lowest BCUT2D eigenvalue weighted by Crippen LogP contribution is -2.19. The van der Waals surface area contributed by atoms with Gasteiger partial charge in [0.2, 0.25) is 0 Å². The lowest BCUT2D eigenvalue weighted by molar-refractivity contribution is 0.133.